The highest BCUT2D eigenvalue weighted by molar-refractivity contribution is 9.10. The number of hydrogen-bond donors (Lipinski definition) is 3. The summed E-state index contributed by atoms with van der Waals surface area (Å²) in [6, 6.07) is 12.3. The molecule has 0 aliphatic carbocycles. The number of rotatable bonds is 6. The fourth-order valence-corrected chi connectivity index (χ4v) is 4.41. The van der Waals surface area contributed by atoms with Gasteiger partial charge in [-0.1, -0.05) is 15.9 Å². The van der Waals surface area contributed by atoms with Gasteiger partial charge < -0.3 is 16.0 Å². The van der Waals surface area contributed by atoms with Crippen LogP contribution in [0, 0.1) is 0 Å². The van der Waals surface area contributed by atoms with Crippen LogP contribution in [0.25, 0.3) is 0 Å². The first kappa shape index (κ1) is 21.9. The summed E-state index contributed by atoms with van der Waals surface area (Å²) in [5.74, 6) is -1.27. The van der Waals surface area contributed by atoms with Crippen LogP contribution in [-0.4, -0.2) is 56.6 Å². The van der Waals surface area contributed by atoms with Crippen molar-refractivity contribution in [2.45, 2.75) is 4.90 Å². The number of nitrogens with one attached hydrogen (secondary N) is 3. The van der Waals surface area contributed by atoms with Crippen molar-refractivity contribution in [1.82, 2.24) is 14.9 Å². The molecule has 0 saturated carbocycles. The second-order valence-electron chi connectivity index (χ2n) is 6.45. The first-order chi connectivity index (χ1) is 14.3. The van der Waals surface area contributed by atoms with Crippen LogP contribution in [0.5, 0.6) is 0 Å². The van der Waals surface area contributed by atoms with E-state index in [2.05, 4.69) is 31.9 Å². The van der Waals surface area contributed by atoms with Crippen molar-refractivity contribution in [2.75, 3.05) is 31.5 Å². The molecule has 158 valence electrons. The topological polar surface area (TPSA) is 125 Å². The minimum Gasteiger partial charge on any atom is -0.354 e. The summed E-state index contributed by atoms with van der Waals surface area (Å²) in [6.07, 6.45) is 0. The van der Waals surface area contributed by atoms with E-state index in [1.165, 1.54) is 24.3 Å². The van der Waals surface area contributed by atoms with Crippen LogP contribution >= 0.6 is 15.9 Å². The molecule has 3 amide bonds. The summed E-state index contributed by atoms with van der Waals surface area (Å²) in [4.78, 5) is 35.6. The monoisotopic (exact) mass is 494 g/mol. The van der Waals surface area contributed by atoms with E-state index in [1.807, 2.05) is 0 Å². The van der Waals surface area contributed by atoms with Crippen LogP contribution in [-0.2, 0) is 19.6 Å². The number of halogens is 1. The van der Waals surface area contributed by atoms with E-state index in [4.69, 9.17) is 0 Å². The number of amides is 3. The molecule has 0 atom stereocenters. The molecule has 1 aliphatic heterocycles. The Labute approximate surface area is 182 Å². The molecule has 3 rings (SSSR count). The van der Waals surface area contributed by atoms with E-state index in [0.717, 1.165) is 8.78 Å². The van der Waals surface area contributed by atoms with Crippen molar-refractivity contribution in [1.29, 1.82) is 0 Å². The Morgan fingerprint density at radius 3 is 2.37 bits per heavy atom. The predicted octanol–water partition coefficient (Wildman–Crippen LogP) is 0.938. The molecule has 1 heterocycles. The minimum absolute atomic E-state index is 0.0123. The maximum atomic E-state index is 12.6. The van der Waals surface area contributed by atoms with Crippen LogP contribution in [0.1, 0.15) is 10.4 Å². The summed E-state index contributed by atoms with van der Waals surface area (Å²) >= 11 is 3.30. The van der Waals surface area contributed by atoms with Gasteiger partial charge in [0.2, 0.25) is 21.8 Å². The highest BCUT2D eigenvalue weighted by Crippen LogP contribution is 2.17. The van der Waals surface area contributed by atoms with Crippen LogP contribution < -0.4 is 16.0 Å². The fraction of sp³-hybridized carbons (Fsp3) is 0.211. The van der Waals surface area contributed by atoms with Gasteiger partial charge in [0.1, 0.15) is 0 Å². The summed E-state index contributed by atoms with van der Waals surface area (Å²) in [7, 11) is -3.83. The first-order valence-electron chi connectivity index (χ1n) is 8.96. The Balaban J connectivity index is 1.57. The Morgan fingerprint density at radius 2 is 1.73 bits per heavy atom. The first-order valence-corrected chi connectivity index (χ1v) is 11.2. The molecule has 0 spiro atoms. The predicted molar refractivity (Wildman–Crippen MR) is 113 cm³/mol. The average Bonchev–Trinajstić information content (AvgIpc) is 2.74. The molecule has 2 aromatic rings. The SMILES string of the molecule is O=C1CN(S(=O)(=O)c2ccc(C(=O)NCC(=O)Nc3ccc(Br)cc3)cc2)CCN1. The lowest BCUT2D eigenvalue weighted by atomic mass is 10.2. The van der Waals surface area contributed by atoms with Gasteiger partial charge in [0.25, 0.3) is 5.91 Å². The molecular formula is C19H19BrN4O5S. The fourth-order valence-electron chi connectivity index (χ4n) is 2.75. The van der Waals surface area contributed by atoms with Crippen molar-refractivity contribution in [3.63, 3.8) is 0 Å². The lowest BCUT2D eigenvalue weighted by Gasteiger charge is -2.25. The van der Waals surface area contributed by atoms with Crippen molar-refractivity contribution >= 4 is 49.4 Å². The lowest BCUT2D eigenvalue weighted by molar-refractivity contribution is -0.122. The van der Waals surface area contributed by atoms with Crippen molar-refractivity contribution < 1.29 is 22.8 Å². The molecule has 2 aromatic carbocycles. The second kappa shape index (κ2) is 9.37. The maximum absolute atomic E-state index is 12.6. The zero-order valence-electron chi connectivity index (χ0n) is 15.7. The highest BCUT2D eigenvalue weighted by Gasteiger charge is 2.29. The number of sulfonamides is 1. The number of carbonyl (C=O) groups excluding carboxylic acids is 3. The number of nitrogens with zero attached hydrogens (tertiary/aromatic N) is 1. The molecule has 9 nitrogen and oxygen atoms in total. The number of piperazine rings is 1. The third-order valence-corrected chi connectivity index (χ3v) is 6.68. The van der Waals surface area contributed by atoms with Crippen LogP contribution in [0.2, 0.25) is 0 Å². The number of carbonyl (C=O) groups is 3. The van der Waals surface area contributed by atoms with E-state index in [1.54, 1.807) is 24.3 Å². The molecule has 0 radical (unpaired) electrons. The second-order valence-corrected chi connectivity index (χ2v) is 9.30. The normalized spacial score (nSPS) is 14.6. The van der Waals surface area contributed by atoms with Gasteiger partial charge in [0.05, 0.1) is 18.0 Å². The summed E-state index contributed by atoms with van der Waals surface area (Å²) < 4.78 is 27.2. The quantitative estimate of drug-likeness (QED) is 0.550. The van der Waals surface area contributed by atoms with Crippen LogP contribution in [0.3, 0.4) is 0 Å². The zero-order valence-corrected chi connectivity index (χ0v) is 18.1. The van der Waals surface area contributed by atoms with Gasteiger partial charge in [-0.05, 0) is 48.5 Å². The molecule has 1 aliphatic rings. The van der Waals surface area contributed by atoms with E-state index in [9.17, 15) is 22.8 Å². The maximum Gasteiger partial charge on any atom is 0.251 e. The minimum atomic E-state index is -3.83. The van der Waals surface area contributed by atoms with Crippen molar-refractivity contribution in [3.05, 3.63) is 58.6 Å². The van der Waals surface area contributed by atoms with Gasteiger partial charge in [-0.15, -0.1) is 0 Å². The van der Waals surface area contributed by atoms with Gasteiger partial charge in [0.15, 0.2) is 0 Å². The number of benzene rings is 2. The van der Waals surface area contributed by atoms with E-state index in [-0.39, 0.29) is 42.5 Å². The van der Waals surface area contributed by atoms with E-state index in [0.29, 0.717) is 5.69 Å². The lowest BCUT2D eigenvalue weighted by Crippen LogP contribution is -2.49. The van der Waals surface area contributed by atoms with Crippen molar-refractivity contribution in [3.8, 4) is 0 Å². The molecule has 11 heteroatoms. The van der Waals surface area contributed by atoms with Gasteiger partial charge >= 0.3 is 0 Å². The van der Waals surface area contributed by atoms with Gasteiger partial charge in [0, 0.05) is 28.8 Å². The molecule has 3 N–H and O–H groups in total. The molecule has 1 fully saturated rings. The van der Waals surface area contributed by atoms with Gasteiger partial charge in [-0.2, -0.15) is 4.31 Å². The molecule has 0 bridgehead atoms. The average molecular weight is 495 g/mol. The Hall–Kier alpha value is -2.76. The molecule has 30 heavy (non-hydrogen) atoms. The Kier molecular flexibility index (Phi) is 6.85. The standard InChI is InChI=1S/C19H19BrN4O5S/c20-14-3-5-15(6-4-14)23-17(25)11-22-19(27)13-1-7-16(8-2-13)30(28,29)24-10-9-21-18(26)12-24/h1-8H,9-12H2,(H,21,26)(H,22,27)(H,23,25). The van der Waals surface area contributed by atoms with Crippen LogP contribution in [0.15, 0.2) is 57.9 Å². The summed E-state index contributed by atoms with van der Waals surface area (Å²) in [5.41, 5.74) is 0.806. The Bertz CT molecular complexity index is 1060. The highest BCUT2D eigenvalue weighted by atomic mass is 79.9. The molecule has 0 unspecified atom stereocenters. The van der Waals surface area contributed by atoms with Crippen LogP contribution in [0.4, 0.5) is 5.69 Å². The number of anilines is 1. The number of hydrogen-bond acceptors (Lipinski definition) is 5. The molecule has 1 saturated heterocycles. The van der Waals surface area contributed by atoms with E-state index < -0.39 is 21.8 Å². The Morgan fingerprint density at radius 1 is 1.07 bits per heavy atom. The molecule has 0 aromatic heterocycles. The van der Waals surface area contributed by atoms with Gasteiger partial charge in [-0.25, -0.2) is 8.42 Å². The zero-order chi connectivity index (χ0) is 21.7. The third-order valence-electron chi connectivity index (χ3n) is 4.30. The molecular weight excluding hydrogens is 476 g/mol. The van der Waals surface area contributed by atoms with E-state index >= 15 is 0 Å². The smallest absolute Gasteiger partial charge is 0.251 e. The summed E-state index contributed by atoms with van der Waals surface area (Å²) in [5, 5.41) is 7.71. The van der Waals surface area contributed by atoms with Crippen molar-refractivity contribution in [2.24, 2.45) is 0 Å². The van der Waals surface area contributed by atoms with Gasteiger partial charge in [-0.3, -0.25) is 14.4 Å². The largest absolute Gasteiger partial charge is 0.354 e. The third kappa shape index (κ3) is 5.43. The summed E-state index contributed by atoms with van der Waals surface area (Å²) in [6.45, 7) is -0.0411.